The highest BCUT2D eigenvalue weighted by atomic mass is 32.2. The number of anilines is 2. The summed E-state index contributed by atoms with van der Waals surface area (Å²) in [5.74, 6) is 0.0602. The molecular formula is C11H19N3O2S. The zero-order chi connectivity index (χ0) is 12.9. The molecule has 1 aromatic carbocycles. The molecule has 0 aliphatic carbocycles. The van der Waals surface area contributed by atoms with Crippen LogP contribution in [0.25, 0.3) is 0 Å². The molecule has 0 atom stereocenters. The molecule has 6 heteroatoms. The summed E-state index contributed by atoms with van der Waals surface area (Å²) < 4.78 is 25.2. The molecule has 0 bridgehead atoms. The largest absolute Gasteiger partial charge is 0.399 e. The molecule has 5 nitrogen and oxygen atoms in total. The fourth-order valence-corrected chi connectivity index (χ4v) is 2.45. The van der Waals surface area contributed by atoms with Crippen molar-refractivity contribution in [1.82, 2.24) is 4.72 Å². The predicted octanol–water partition coefficient (Wildman–Crippen LogP) is 0.928. The van der Waals surface area contributed by atoms with Gasteiger partial charge in [-0.3, -0.25) is 0 Å². The van der Waals surface area contributed by atoms with Crippen LogP contribution in [0.4, 0.5) is 11.4 Å². The number of nitrogen functional groups attached to an aromatic ring is 1. The van der Waals surface area contributed by atoms with E-state index in [1.165, 1.54) is 0 Å². The summed E-state index contributed by atoms with van der Waals surface area (Å²) in [7, 11) is -3.16. The molecule has 96 valence electrons. The minimum Gasteiger partial charge on any atom is -0.399 e. The highest BCUT2D eigenvalue weighted by molar-refractivity contribution is 7.89. The Morgan fingerprint density at radius 1 is 1.35 bits per heavy atom. The minimum absolute atomic E-state index is 0.0602. The Labute approximate surface area is 102 Å². The summed E-state index contributed by atoms with van der Waals surface area (Å²) in [4.78, 5) is 0. The van der Waals surface area contributed by atoms with E-state index in [9.17, 15) is 8.42 Å². The molecule has 1 aromatic rings. The topological polar surface area (TPSA) is 84.2 Å². The van der Waals surface area contributed by atoms with Gasteiger partial charge in [0.2, 0.25) is 10.0 Å². The van der Waals surface area contributed by atoms with Crippen molar-refractivity contribution in [3.63, 3.8) is 0 Å². The lowest BCUT2D eigenvalue weighted by Crippen LogP contribution is -2.29. The van der Waals surface area contributed by atoms with Crippen molar-refractivity contribution in [2.45, 2.75) is 13.8 Å². The van der Waals surface area contributed by atoms with E-state index >= 15 is 0 Å². The average molecular weight is 257 g/mol. The van der Waals surface area contributed by atoms with E-state index in [1.54, 1.807) is 13.0 Å². The first-order valence-electron chi connectivity index (χ1n) is 5.52. The van der Waals surface area contributed by atoms with Crippen LogP contribution in [-0.2, 0) is 10.0 Å². The molecule has 0 unspecified atom stereocenters. The molecule has 0 saturated carbocycles. The number of nitrogens with two attached hydrogens (primary N) is 1. The number of benzene rings is 1. The SMILES string of the molecule is CCNS(=O)(=O)CCNc1ccc(N)cc1C. The molecule has 0 spiro atoms. The average Bonchev–Trinajstić information content (AvgIpc) is 2.21. The monoisotopic (exact) mass is 257 g/mol. The van der Waals surface area contributed by atoms with Crippen molar-refractivity contribution in [1.29, 1.82) is 0 Å². The Morgan fingerprint density at radius 2 is 2.06 bits per heavy atom. The summed E-state index contributed by atoms with van der Waals surface area (Å²) in [5.41, 5.74) is 8.25. The second-order valence-electron chi connectivity index (χ2n) is 3.82. The van der Waals surface area contributed by atoms with Crippen LogP contribution in [0.1, 0.15) is 12.5 Å². The van der Waals surface area contributed by atoms with Crippen LogP contribution in [0.15, 0.2) is 18.2 Å². The first-order chi connectivity index (χ1) is 7.94. The predicted molar refractivity (Wildman–Crippen MR) is 71.5 cm³/mol. The van der Waals surface area contributed by atoms with Gasteiger partial charge in [-0.05, 0) is 30.7 Å². The Bertz CT molecular complexity index is 472. The van der Waals surface area contributed by atoms with Crippen molar-refractivity contribution < 1.29 is 8.42 Å². The summed E-state index contributed by atoms with van der Waals surface area (Å²) in [6.45, 7) is 4.48. The number of hydrogen-bond acceptors (Lipinski definition) is 4. The molecule has 0 aliphatic heterocycles. The maximum atomic E-state index is 11.4. The highest BCUT2D eigenvalue weighted by Gasteiger charge is 2.07. The molecule has 4 N–H and O–H groups in total. The minimum atomic E-state index is -3.16. The van der Waals surface area contributed by atoms with E-state index < -0.39 is 10.0 Å². The summed E-state index contributed by atoms with van der Waals surface area (Å²) >= 11 is 0. The third-order valence-corrected chi connectivity index (χ3v) is 3.77. The first kappa shape index (κ1) is 13.8. The number of sulfonamides is 1. The maximum Gasteiger partial charge on any atom is 0.213 e. The Kier molecular flexibility index (Phi) is 4.77. The highest BCUT2D eigenvalue weighted by Crippen LogP contribution is 2.17. The van der Waals surface area contributed by atoms with Gasteiger partial charge in [0, 0.05) is 24.5 Å². The third-order valence-electron chi connectivity index (χ3n) is 2.30. The van der Waals surface area contributed by atoms with Crippen LogP contribution >= 0.6 is 0 Å². The lowest BCUT2D eigenvalue weighted by atomic mass is 10.2. The number of nitrogens with one attached hydrogen (secondary N) is 2. The fraction of sp³-hybridized carbons (Fsp3) is 0.455. The lowest BCUT2D eigenvalue weighted by Gasteiger charge is -2.10. The van der Waals surface area contributed by atoms with Crippen LogP contribution in [-0.4, -0.2) is 27.3 Å². The van der Waals surface area contributed by atoms with Crippen molar-refractivity contribution in [3.8, 4) is 0 Å². The van der Waals surface area contributed by atoms with Crippen molar-refractivity contribution in [2.75, 3.05) is 29.9 Å². The normalized spacial score (nSPS) is 11.4. The number of hydrogen-bond donors (Lipinski definition) is 3. The van der Waals surface area contributed by atoms with Gasteiger partial charge in [-0.25, -0.2) is 13.1 Å². The molecule has 0 amide bonds. The van der Waals surface area contributed by atoms with E-state index in [1.807, 2.05) is 19.1 Å². The Hall–Kier alpha value is -1.27. The van der Waals surface area contributed by atoms with Crippen molar-refractivity contribution >= 4 is 21.4 Å². The molecule has 0 aromatic heterocycles. The third kappa shape index (κ3) is 4.62. The standard InChI is InChI=1S/C11H19N3O2S/c1-3-14-17(15,16)7-6-13-11-5-4-10(12)8-9(11)2/h4-5,8,13-14H,3,6-7,12H2,1-2H3. The number of aryl methyl sites for hydroxylation is 1. The van der Waals surface area contributed by atoms with E-state index in [-0.39, 0.29) is 5.75 Å². The van der Waals surface area contributed by atoms with Crippen LogP contribution in [0.3, 0.4) is 0 Å². The van der Waals surface area contributed by atoms with Gasteiger partial charge in [0.1, 0.15) is 0 Å². The zero-order valence-corrected chi connectivity index (χ0v) is 11.0. The molecular weight excluding hydrogens is 238 g/mol. The number of rotatable bonds is 6. The van der Waals surface area contributed by atoms with Gasteiger partial charge in [-0.1, -0.05) is 6.92 Å². The Morgan fingerprint density at radius 3 is 2.65 bits per heavy atom. The molecule has 0 aliphatic rings. The Balaban J connectivity index is 2.51. The lowest BCUT2D eigenvalue weighted by molar-refractivity contribution is 0.584. The van der Waals surface area contributed by atoms with Gasteiger partial charge < -0.3 is 11.1 Å². The quantitative estimate of drug-likeness (QED) is 0.662. The van der Waals surface area contributed by atoms with E-state index in [4.69, 9.17) is 5.73 Å². The van der Waals surface area contributed by atoms with Gasteiger partial charge >= 0.3 is 0 Å². The zero-order valence-electron chi connectivity index (χ0n) is 10.2. The van der Waals surface area contributed by atoms with Crippen LogP contribution in [0.5, 0.6) is 0 Å². The van der Waals surface area contributed by atoms with Gasteiger partial charge in [0.05, 0.1) is 5.75 Å². The smallest absolute Gasteiger partial charge is 0.213 e. The van der Waals surface area contributed by atoms with Crippen LogP contribution in [0, 0.1) is 6.92 Å². The second kappa shape index (κ2) is 5.88. The van der Waals surface area contributed by atoms with Gasteiger partial charge in [-0.2, -0.15) is 0 Å². The molecule has 0 fully saturated rings. The van der Waals surface area contributed by atoms with Crippen LogP contribution < -0.4 is 15.8 Å². The summed E-state index contributed by atoms with van der Waals surface area (Å²) in [6.07, 6.45) is 0. The molecule has 1 rings (SSSR count). The van der Waals surface area contributed by atoms with Gasteiger partial charge in [0.25, 0.3) is 0 Å². The summed E-state index contributed by atoms with van der Waals surface area (Å²) in [5, 5.41) is 3.08. The molecule has 0 radical (unpaired) electrons. The molecule has 17 heavy (non-hydrogen) atoms. The van der Waals surface area contributed by atoms with Gasteiger partial charge in [-0.15, -0.1) is 0 Å². The van der Waals surface area contributed by atoms with E-state index in [0.717, 1.165) is 11.3 Å². The van der Waals surface area contributed by atoms with E-state index in [2.05, 4.69) is 10.0 Å². The maximum absolute atomic E-state index is 11.4. The van der Waals surface area contributed by atoms with Crippen molar-refractivity contribution in [2.24, 2.45) is 0 Å². The second-order valence-corrected chi connectivity index (χ2v) is 5.74. The molecule has 0 heterocycles. The summed E-state index contributed by atoms with van der Waals surface area (Å²) in [6, 6.07) is 5.49. The van der Waals surface area contributed by atoms with E-state index in [0.29, 0.717) is 18.8 Å². The molecule has 0 saturated heterocycles. The fourth-order valence-electron chi connectivity index (χ4n) is 1.50. The first-order valence-corrected chi connectivity index (χ1v) is 7.17. The van der Waals surface area contributed by atoms with Crippen LogP contribution in [0.2, 0.25) is 0 Å². The van der Waals surface area contributed by atoms with Crippen molar-refractivity contribution in [3.05, 3.63) is 23.8 Å². The van der Waals surface area contributed by atoms with Gasteiger partial charge in [0.15, 0.2) is 0 Å².